The van der Waals surface area contributed by atoms with Crippen molar-refractivity contribution in [1.82, 2.24) is 5.32 Å². The van der Waals surface area contributed by atoms with E-state index in [2.05, 4.69) is 5.32 Å². The number of ether oxygens (including phenoxy) is 2. The Morgan fingerprint density at radius 1 is 1.32 bits per heavy atom. The first-order valence-corrected chi connectivity index (χ1v) is 9.24. The van der Waals surface area contributed by atoms with Gasteiger partial charge in [-0.05, 0) is 34.1 Å². The van der Waals surface area contributed by atoms with Gasteiger partial charge >= 0.3 is 12.1 Å². The molecule has 1 aromatic rings. The van der Waals surface area contributed by atoms with E-state index < -0.39 is 40.4 Å². The maximum absolute atomic E-state index is 12.7. The second kappa shape index (κ2) is 8.72. The molecule has 0 aliphatic heterocycles. The van der Waals surface area contributed by atoms with Crippen molar-refractivity contribution in [3.8, 4) is 0 Å². The number of quaternary nitrogens is 1. The van der Waals surface area contributed by atoms with Crippen molar-refractivity contribution in [2.24, 2.45) is 5.92 Å². The molecule has 3 N–H and O–H groups in total. The van der Waals surface area contributed by atoms with Crippen molar-refractivity contribution in [2.75, 3.05) is 6.61 Å². The lowest BCUT2D eigenvalue weighted by atomic mass is 9.68. The van der Waals surface area contributed by atoms with Crippen LogP contribution in [0, 0.1) is 11.1 Å². The van der Waals surface area contributed by atoms with Crippen LogP contribution in [0.3, 0.4) is 0 Å². The second-order valence-electron chi connectivity index (χ2n) is 7.63. The molecule has 28 heavy (non-hydrogen) atoms. The summed E-state index contributed by atoms with van der Waals surface area (Å²) in [4.78, 5) is 25.1. The molecular formula is C20H28N2O6. The van der Waals surface area contributed by atoms with Gasteiger partial charge in [-0.1, -0.05) is 42.5 Å². The molecule has 8 heteroatoms. The zero-order valence-corrected chi connectivity index (χ0v) is 16.6. The summed E-state index contributed by atoms with van der Waals surface area (Å²) in [7, 11) is 0. The van der Waals surface area contributed by atoms with Crippen LogP contribution in [0.2, 0.25) is 0 Å². The minimum atomic E-state index is -1.72. The van der Waals surface area contributed by atoms with Gasteiger partial charge in [0.15, 0.2) is 5.54 Å². The first-order valence-electron chi connectivity index (χ1n) is 9.24. The van der Waals surface area contributed by atoms with Crippen LogP contribution in [0.1, 0.15) is 39.7 Å². The molecular weight excluding hydrogens is 364 g/mol. The summed E-state index contributed by atoms with van der Waals surface area (Å²) in [5.41, 5.74) is -2.06. The summed E-state index contributed by atoms with van der Waals surface area (Å²) < 4.78 is 10.5. The topological polar surface area (TPSA) is 112 Å². The van der Waals surface area contributed by atoms with Crippen molar-refractivity contribution in [3.05, 3.63) is 53.3 Å². The number of allylic oxidation sites excluding steroid dienone is 1. The lowest BCUT2D eigenvalue weighted by Gasteiger charge is -2.48. The first kappa shape index (κ1) is 21.9. The number of carbonyl (C=O) groups excluding carboxylic acids is 2. The van der Waals surface area contributed by atoms with Crippen molar-refractivity contribution in [2.45, 2.75) is 51.3 Å². The van der Waals surface area contributed by atoms with Gasteiger partial charge in [0.05, 0.1) is 6.61 Å². The van der Waals surface area contributed by atoms with Gasteiger partial charge in [-0.3, -0.25) is 4.79 Å². The highest BCUT2D eigenvalue weighted by molar-refractivity contribution is 5.76. The Bertz CT molecular complexity index is 713. The second-order valence-corrected chi connectivity index (χ2v) is 7.63. The normalized spacial score (nSPS) is 25.6. The Labute approximate surface area is 164 Å². The molecule has 0 spiro atoms. The monoisotopic (exact) mass is 392 g/mol. The number of carbonyl (C=O) groups is 2. The molecule has 4 unspecified atom stereocenters. The van der Waals surface area contributed by atoms with Gasteiger partial charge in [0.25, 0.3) is 0 Å². The highest BCUT2D eigenvalue weighted by Gasteiger charge is 2.58. The number of alkyl carbamates (subject to hydrolysis) is 1. The molecule has 0 aromatic heterocycles. The number of benzene rings is 1. The smallest absolute Gasteiger partial charge is 0.408 e. The van der Waals surface area contributed by atoms with Crippen molar-refractivity contribution in [1.29, 1.82) is 0 Å². The number of hydrogen-bond acceptors (Lipinski definition) is 6. The standard InChI is InChI=1S/C20H28N2O6/c1-5-27-17(23)15-12-9-13-16(21-18(24)28-19(2,3)4)20(15,22(25)26)14-10-7-6-8-11-14/h6-11,13,15-16,22,25H,5,12H2,1-4H3,(H,21,24). The van der Waals surface area contributed by atoms with Gasteiger partial charge in [-0.25, -0.2) is 15.2 Å². The molecule has 0 saturated heterocycles. The van der Waals surface area contributed by atoms with Crippen molar-refractivity contribution in [3.63, 3.8) is 0 Å². The number of esters is 1. The minimum absolute atomic E-state index is 0.133. The van der Waals surface area contributed by atoms with E-state index in [0.29, 0.717) is 5.56 Å². The third-order valence-electron chi connectivity index (χ3n) is 4.59. The van der Waals surface area contributed by atoms with E-state index in [1.165, 1.54) is 0 Å². The molecule has 0 fully saturated rings. The molecule has 0 heterocycles. The van der Waals surface area contributed by atoms with Gasteiger partial charge in [-0.2, -0.15) is 0 Å². The summed E-state index contributed by atoms with van der Waals surface area (Å²) in [6.45, 7) is 6.94. The Hall–Kier alpha value is -2.42. The highest BCUT2D eigenvalue weighted by atomic mass is 16.8. The van der Waals surface area contributed by atoms with Crippen LogP contribution in [-0.2, 0) is 19.8 Å². The van der Waals surface area contributed by atoms with Gasteiger partial charge in [0, 0.05) is 5.56 Å². The number of nitrogens with one attached hydrogen (secondary N) is 2. The third kappa shape index (κ3) is 4.52. The molecule has 0 radical (unpaired) electrons. The SMILES string of the molecule is CCOC(=O)C1CC=CC(NC(=O)OC(C)(C)C)C1(c1ccccc1)[NH+]([O-])O. The zero-order chi connectivity index (χ0) is 20.9. The van der Waals surface area contributed by atoms with E-state index in [4.69, 9.17) is 9.47 Å². The maximum atomic E-state index is 12.7. The molecule has 1 amide bonds. The summed E-state index contributed by atoms with van der Waals surface area (Å²) in [6, 6.07) is 7.45. The number of amides is 1. The predicted octanol–water partition coefficient (Wildman–Crippen LogP) is 1.69. The fourth-order valence-corrected chi connectivity index (χ4v) is 3.53. The van der Waals surface area contributed by atoms with Gasteiger partial charge in [0.1, 0.15) is 17.6 Å². The lowest BCUT2D eigenvalue weighted by molar-refractivity contribution is -1.10. The van der Waals surface area contributed by atoms with E-state index in [1.54, 1.807) is 70.2 Å². The fourth-order valence-electron chi connectivity index (χ4n) is 3.53. The molecule has 0 saturated carbocycles. The zero-order valence-electron chi connectivity index (χ0n) is 16.6. The van der Waals surface area contributed by atoms with Crippen LogP contribution in [0.15, 0.2) is 42.5 Å². The van der Waals surface area contributed by atoms with Gasteiger partial charge in [-0.15, -0.1) is 0 Å². The minimum Gasteiger partial charge on any atom is -0.599 e. The van der Waals surface area contributed by atoms with Crippen molar-refractivity contribution >= 4 is 12.1 Å². The van der Waals surface area contributed by atoms with Crippen molar-refractivity contribution < 1.29 is 29.5 Å². The van der Waals surface area contributed by atoms with E-state index in [9.17, 15) is 20.0 Å². The van der Waals surface area contributed by atoms with Crippen LogP contribution in [-0.4, -0.2) is 35.5 Å². The Morgan fingerprint density at radius 3 is 2.50 bits per heavy atom. The summed E-state index contributed by atoms with van der Waals surface area (Å²) in [6.07, 6.45) is 2.72. The summed E-state index contributed by atoms with van der Waals surface area (Å²) in [5.74, 6) is -1.62. The molecule has 1 aromatic carbocycles. The molecule has 2 rings (SSSR count). The van der Waals surface area contributed by atoms with Gasteiger partial charge in [0.2, 0.25) is 0 Å². The van der Waals surface area contributed by atoms with Crippen LogP contribution in [0.4, 0.5) is 4.79 Å². The number of hydroxylamine groups is 2. The Balaban J connectivity index is 2.54. The third-order valence-corrected chi connectivity index (χ3v) is 4.59. The first-order chi connectivity index (χ1) is 13.1. The Morgan fingerprint density at radius 2 is 1.96 bits per heavy atom. The number of rotatable bonds is 5. The quantitative estimate of drug-likeness (QED) is 0.399. The van der Waals surface area contributed by atoms with Crippen LogP contribution < -0.4 is 10.5 Å². The summed E-state index contributed by atoms with van der Waals surface area (Å²) in [5, 5.41) is 24.4. The largest absolute Gasteiger partial charge is 0.599 e. The van der Waals surface area contributed by atoms with Crippen LogP contribution >= 0.6 is 0 Å². The average Bonchev–Trinajstić information content (AvgIpc) is 2.60. The molecule has 4 atom stereocenters. The van der Waals surface area contributed by atoms with E-state index in [-0.39, 0.29) is 13.0 Å². The Kier molecular flexibility index (Phi) is 6.82. The van der Waals surface area contributed by atoms with E-state index >= 15 is 0 Å². The molecule has 1 aliphatic carbocycles. The van der Waals surface area contributed by atoms with Crippen LogP contribution in [0.5, 0.6) is 0 Å². The average molecular weight is 392 g/mol. The molecule has 154 valence electrons. The lowest BCUT2D eigenvalue weighted by Crippen LogP contribution is -3.16. The van der Waals surface area contributed by atoms with Crippen LogP contribution in [0.25, 0.3) is 0 Å². The highest BCUT2D eigenvalue weighted by Crippen LogP contribution is 2.37. The number of hydrogen-bond donors (Lipinski definition) is 3. The molecule has 0 bridgehead atoms. The fraction of sp³-hybridized carbons (Fsp3) is 0.500. The predicted molar refractivity (Wildman–Crippen MR) is 101 cm³/mol. The maximum Gasteiger partial charge on any atom is 0.408 e. The van der Waals surface area contributed by atoms with E-state index in [0.717, 1.165) is 0 Å². The van der Waals surface area contributed by atoms with Gasteiger partial charge < -0.3 is 20.0 Å². The molecule has 8 nitrogen and oxygen atoms in total. The summed E-state index contributed by atoms with van der Waals surface area (Å²) >= 11 is 0. The molecule has 1 aliphatic rings. The van der Waals surface area contributed by atoms with E-state index in [1.807, 2.05) is 0 Å².